The predicted molar refractivity (Wildman–Crippen MR) is 20.2 cm³/mol. The molecule has 0 heterocycles. The molecule has 0 unspecified atom stereocenters. The second kappa shape index (κ2) is 2.20. The fourth-order valence-electron chi connectivity index (χ4n) is 0.0500. The van der Waals surface area contributed by atoms with E-state index in [-0.39, 0.29) is 0 Å². The van der Waals surface area contributed by atoms with Crippen molar-refractivity contribution in [1.82, 2.24) is 0 Å². The van der Waals surface area contributed by atoms with Crippen molar-refractivity contribution in [3.63, 3.8) is 0 Å². The van der Waals surface area contributed by atoms with E-state index in [1.54, 1.807) is 0 Å². The maximum absolute atomic E-state index is 11.6. The average molecular weight is 110 g/mol. The van der Waals surface area contributed by atoms with Crippen molar-refractivity contribution in [3.8, 4) is 0 Å². The summed E-state index contributed by atoms with van der Waals surface area (Å²) in [5, 5.41) is 23.6. The first-order valence-corrected chi connectivity index (χ1v) is 1.75. The summed E-state index contributed by atoms with van der Waals surface area (Å²) >= 11 is 0. The Morgan fingerprint density at radius 3 is 1.57 bits per heavy atom. The minimum absolute atomic E-state index is 1.07. The monoisotopic (exact) mass is 110 g/mol. The maximum Gasteiger partial charge on any atom is 0.253 e. The van der Waals surface area contributed by atoms with Crippen LogP contribution in [0.3, 0.4) is 0 Å². The van der Waals surface area contributed by atoms with Crippen LogP contribution in [0.15, 0.2) is 0 Å². The van der Waals surface area contributed by atoms with Crippen molar-refractivity contribution in [3.05, 3.63) is 0 Å². The van der Waals surface area contributed by atoms with Crippen LogP contribution in [0.2, 0.25) is 0 Å². The summed E-state index contributed by atoms with van der Waals surface area (Å²) in [5.74, 6) is -2.81. The van der Waals surface area contributed by atoms with Crippen LogP contribution in [0.4, 0.5) is 4.39 Å². The topological polar surface area (TPSA) is 60.7 Å². The normalized spacial score (nSPS) is 12.0. The van der Waals surface area contributed by atoms with Crippen molar-refractivity contribution in [1.29, 1.82) is 0 Å². The molecule has 0 aliphatic rings. The van der Waals surface area contributed by atoms with Gasteiger partial charge in [-0.05, 0) is 0 Å². The van der Waals surface area contributed by atoms with Crippen LogP contribution in [0.25, 0.3) is 0 Å². The van der Waals surface area contributed by atoms with Crippen LogP contribution >= 0.6 is 0 Å². The molecule has 0 aliphatic carbocycles. The van der Waals surface area contributed by atoms with Gasteiger partial charge in [0.25, 0.3) is 5.85 Å². The zero-order chi connectivity index (χ0) is 5.91. The maximum atomic E-state index is 11.6. The Balaban J connectivity index is 3.36. The fourth-order valence-corrected chi connectivity index (χ4v) is 0.0500. The first kappa shape index (κ1) is 6.81. The third-order valence-electron chi connectivity index (χ3n) is 0.485. The van der Waals surface area contributed by atoms with Crippen molar-refractivity contribution >= 4 is 0 Å². The van der Waals surface area contributed by atoms with E-state index in [0.717, 1.165) is 0 Å². The van der Waals surface area contributed by atoms with Gasteiger partial charge in [-0.2, -0.15) is 0 Å². The molecule has 0 rings (SSSR count). The standard InChI is InChI=1S/C3H7FO3/c4-3(7,1-5)2-6/h5-7H,1-2H2. The van der Waals surface area contributed by atoms with Gasteiger partial charge in [0, 0.05) is 0 Å². The molecule has 0 amide bonds. The highest BCUT2D eigenvalue weighted by atomic mass is 19.2. The summed E-state index contributed by atoms with van der Waals surface area (Å²) in [5.41, 5.74) is 0. The molecule has 0 bridgehead atoms. The van der Waals surface area contributed by atoms with Gasteiger partial charge >= 0.3 is 0 Å². The Morgan fingerprint density at radius 2 is 1.57 bits per heavy atom. The third-order valence-corrected chi connectivity index (χ3v) is 0.485. The lowest BCUT2D eigenvalue weighted by atomic mass is 10.4. The molecule has 0 fully saturated rings. The molecule has 0 aromatic carbocycles. The smallest absolute Gasteiger partial charge is 0.253 e. The largest absolute Gasteiger partial charge is 0.390 e. The number of hydrogen-bond donors (Lipinski definition) is 3. The van der Waals surface area contributed by atoms with E-state index in [9.17, 15) is 4.39 Å². The van der Waals surface area contributed by atoms with E-state index < -0.39 is 19.1 Å². The van der Waals surface area contributed by atoms with Crippen LogP contribution in [0.5, 0.6) is 0 Å². The Hall–Kier alpha value is -0.190. The summed E-state index contributed by atoms with van der Waals surface area (Å²) in [6.45, 7) is -2.13. The number of hydrogen-bond acceptors (Lipinski definition) is 3. The van der Waals surface area contributed by atoms with Gasteiger partial charge in [0.1, 0.15) is 13.2 Å². The first-order valence-electron chi connectivity index (χ1n) is 1.75. The molecule has 0 aromatic heterocycles. The lowest BCUT2D eigenvalue weighted by molar-refractivity contribution is -0.151. The van der Waals surface area contributed by atoms with Crippen LogP contribution < -0.4 is 0 Å². The lowest BCUT2D eigenvalue weighted by Crippen LogP contribution is -2.31. The summed E-state index contributed by atoms with van der Waals surface area (Å²) in [6, 6.07) is 0. The highest BCUT2D eigenvalue weighted by molar-refractivity contribution is 4.58. The van der Waals surface area contributed by atoms with Crippen molar-refractivity contribution in [2.75, 3.05) is 13.2 Å². The van der Waals surface area contributed by atoms with Gasteiger partial charge in [-0.3, -0.25) is 0 Å². The van der Waals surface area contributed by atoms with E-state index in [1.165, 1.54) is 0 Å². The molecule has 0 spiro atoms. The van der Waals surface area contributed by atoms with E-state index >= 15 is 0 Å². The number of aliphatic hydroxyl groups excluding tert-OH is 2. The summed E-state index contributed by atoms with van der Waals surface area (Å²) < 4.78 is 11.6. The van der Waals surface area contributed by atoms with Gasteiger partial charge in [0.2, 0.25) is 0 Å². The summed E-state index contributed by atoms with van der Waals surface area (Å²) in [6.07, 6.45) is 0. The van der Waals surface area contributed by atoms with Crippen molar-refractivity contribution in [2.45, 2.75) is 5.85 Å². The molecule has 0 atom stereocenters. The Morgan fingerprint density at radius 1 is 1.29 bits per heavy atom. The van der Waals surface area contributed by atoms with Crippen LogP contribution in [0.1, 0.15) is 0 Å². The van der Waals surface area contributed by atoms with Gasteiger partial charge in [-0.15, -0.1) is 0 Å². The molecule has 0 saturated carbocycles. The lowest BCUT2D eigenvalue weighted by Gasteiger charge is -2.09. The number of aliphatic hydroxyl groups is 3. The summed E-state index contributed by atoms with van der Waals surface area (Å²) in [7, 11) is 0. The molecule has 0 radical (unpaired) electrons. The van der Waals surface area contributed by atoms with Gasteiger partial charge in [-0.25, -0.2) is 4.39 Å². The van der Waals surface area contributed by atoms with Crippen molar-refractivity contribution < 1.29 is 19.7 Å². The fraction of sp³-hybridized carbons (Fsp3) is 1.00. The molecule has 0 aromatic rings. The predicted octanol–water partition coefficient (Wildman–Crippen LogP) is -1.37. The van der Waals surface area contributed by atoms with Gasteiger partial charge in [0.05, 0.1) is 0 Å². The van der Waals surface area contributed by atoms with Crippen molar-refractivity contribution in [2.24, 2.45) is 0 Å². The second-order valence-electron chi connectivity index (χ2n) is 1.23. The van der Waals surface area contributed by atoms with Gasteiger partial charge in [0.15, 0.2) is 0 Å². The molecule has 3 N–H and O–H groups in total. The Labute approximate surface area is 40.0 Å². The van der Waals surface area contributed by atoms with E-state index in [0.29, 0.717) is 0 Å². The third kappa shape index (κ3) is 2.50. The Bertz CT molecular complexity index is 48.1. The summed E-state index contributed by atoms with van der Waals surface area (Å²) in [4.78, 5) is 0. The van der Waals surface area contributed by atoms with Crippen LogP contribution in [-0.4, -0.2) is 34.4 Å². The number of alkyl halides is 1. The highest BCUT2D eigenvalue weighted by Crippen LogP contribution is 2.00. The first-order chi connectivity index (χ1) is 3.12. The van der Waals surface area contributed by atoms with E-state index in [4.69, 9.17) is 15.3 Å². The van der Waals surface area contributed by atoms with Gasteiger partial charge < -0.3 is 15.3 Å². The molecule has 4 heteroatoms. The van der Waals surface area contributed by atoms with Crippen LogP contribution in [0, 0.1) is 0 Å². The van der Waals surface area contributed by atoms with Crippen LogP contribution in [-0.2, 0) is 0 Å². The minimum atomic E-state index is -2.81. The zero-order valence-corrected chi connectivity index (χ0v) is 3.63. The molecule has 0 saturated heterocycles. The second-order valence-corrected chi connectivity index (χ2v) is 1.23. The average Bonchev–Trinajstić information content (AvgIpc) is 1.68. The molecule has 0 aliphatic heterocycles. The highest BCUT2D eigenvalue weighted by Gasteiger charge is 2.22. The number of halogens is 1. The van der Waals surface area contributed by atoms with E-state index in [2.05, 4.69) is 0 Å². The molecule has 7 heavy (non-hydrogen) atoms. The quantitative estimate of drug-likeness (QED) is 0.411. The molecular weight excluding hydrogens is 103 g/mol. The zero-order valence-electron chi connectivity index (χ0n) is 3.63. The number of rotatable bonds is 2. The SMILES string of the molecule is OCC(O)(F)CO. The van der Waals surface area contributed by atoms with E-state index in [1.807, 2.05) is 0 Å². The molecule has 44 valence electrons. The van der Waals surface area contributed by atoms with Gasteiger partial charge in [-0.1, -0.05) is 0 Å². The minimum Gasteiger partial charge on any atom is -0.390 e. The molecule has 3 nitrogen and oxygen atoms in total. The Kier molecular flexibility index (Phi) is 2.14. The molecular formula is C3H7FO3.